The third kappa shape index (κ3) is 4.45. The van der Waals surface area contributed by atoms with Gasteiger partial charge in [-0.05, 0) is 55.7 Å². The Morgan fingerprint density at radius 2 is 1.73 bits per heavy atom. The number of sulfonamides is 1. The van der Waals surface area contributed by atoms with Gasteiger partial charge in [-0.25, -0.2) is 8.42 Å². The zero-order valence-electron chi connectivity index (χ0n) is 19.5. The molecule has 1 fully saturated rings. The lowest BCUT2D eigenvalue weighted by molar-refractivity contribution is 0.0697. The third-order valence-corrected chi connectivity index (χ3v) is 8.14. The highest BCUT2D eigenvalue weighted by molar-refractivity contribution is 7.89. The van der Waals surface area contributed by atoms with Crippen LogP contribution in [-0.4, -0.2) is 59.3 Å². The lowest BCUT2D eigenvalue weighted by Crippen LogP contribution is -2.50. The van der Waals surface area contributed by atoms with Crippen LogP contribution in [0, 0.1) is 13.8 Å². The summed E-state index contributed by atoms with van der Waals surface area (Å²) >= 11 is 0. The third-order valence-electron chi connectivity index (χ3n) is 6.25. The van der Waals surface area contributed by atoms with E-state index in [-0.39, 0.29) is 23.9 Å². The monoisotopic (exact) mass is 466 g/mol. The molecule has 174 valence electrons. The molecule has 1 saturated heterocycles. The Bertz CT molecular complexity index is 1260. The zero-order chi connectivity index (χ0) is 23.8. The molecule has 7 nitrogen and oxygen atoms in total. The summed E-state index contributed by atoms with van der Waals surface area (Å²) < 4.78 is 29.2. The molecule has 0 bridgehead atoms. The fourth-order valence-electron chi connectivity index (χ4n) is 4.35. The predicted molar refractivity (Wildman–Crippen MR) is 128 cm³/mol. The van der Waals surface area contributed by atoms with E-state index in [1.54, 1.807) is 23.2 Å². The summed E-state index contributed by atoms with van der Waals surface area (Å²) in [6, 6.07) is 13.5. The van der Waals surface area contributed by atoms with Crippen molar-refractivity contribution in [2.45, 2.75) is 38.5 Å². The van der Waals surface area contributed by atoms with Crippen LogP contribution >= 0.6 is 0 Å². The van der Waals surface area contributed by atoms with Crippen LogP contribution in [0.4, 0.5) is 0 Å². The van der Waals surface area contributed by atoms with Crippen molar-refractivity contribution < 1.29 is 13.2 Å². The van der Waals surface area contributed by atoms with Crippen LogP contribution in [0.25, 0.3) is 5.69 Å². The minimum absolute atomic E-state index is 0.0622. The first-order valence-electron chi connectivity index (χ1n) is 11.2. The Morgan fingerprint density at radius 3 is 2.36 bits per heavy atom. The molecule has 1 aromatic carbocycles. The second-order valence-corrected chi connectivity index (χ2v) is 10.7. The van der Waals surface area contributed by atoms with Gasteiger partial charge in [0.25, 0.3) is 5.91 Å². The molecule has 0 N–H and O–H groups in total. The molecule has 4 rings (SSSR count). The number of pyridine rings is 1. The zero-order valence-corrected chi connectivity index (χ0v) is 20.3. The van der Waals surface area contributed by atoms with Crippen LogP contribution < -0.4 is 0 Å². The van der Waals surface area contributed by atoms with E-state index in [4.69, 9.17) is 0 Å². The fourth-order valence-corrected chi connectivity index (χ4v) is 5.74. The van der Waals surface area contributed by atoms with E-state index in [0.29, 0.717) is 24.6 Å². The molecule has 0 saturated carbocycles. The molecule has 2 aromatic heterocycles. The number of hydrogen-bond acceptors (Lipinski definition) is 4. The lowest BCUT2D eigenvalue weighted by Gasteiger charge is -2.34. The van der Waals surface area contributed by atoms with E-state index in [1.165, 1.54) is 16.1 Å². The average molecular weight is 467 g/mol. The molecule has 3 aromatic rings. The Kier molecular flexibility index (Phi) is 6.41. The topological polar surface area (TPSA) is 75.5 Å². The number of carbonyl (C=O) groups is 1. The van der Waals surface area contributed by atoms with Gasteiger partial charge < -0.3 is 9.47 Å². The van der Waals surface area contributed by atoms with Crippen molar-refractivity contribution in [2.24, 2.45) is 0 Å². The molecular formula is C25H30N4O3S. The predicted octanol–water partition coefficient (Wildman–Crippen LogP) is 3.76. The number of aromatic nitrogens is 2. The van der Waals surface area contributed by atoms with E-state index in [9.17, 15) is 13.2 Å². The quantitative estimate of drug-likeness (QED) is 0.574. The summed E-state index contributed by atoms with van der Waals surface area (Å²) in [6.45, 7) is 9.52. The van der Waals surface area contributed by atoms with Gasteiger partial charge in [-0.1, -0.05) is 26.0 Å². The van der Waals surface area contributed by atoms with Gasteiger partial charge in [-0.15, -0.1) is 0 Å². The molecule has 0 unspecified atom stereocenters. The number of piperazine rings is 1. The van der Waals surface area contributed by atoms with Crippen molar-refractivity contribution in [3.63, 3.8) is 0 Å². The molecule has 0 spiro atoms. The largest absolute Gasteiger partial charge is 0.336 e. The first-order valence-corrected chi connectivity index (χ1v) is 12.6. The number of hydrogen-bond donors (Lipinski definition) is 0. The van der Waals surface area contributed by atoms with Crippen LogP contribution in [-0.2, 0) is 10.0 Å². The van der Waals surface area contributed by atoms with Crippen LogP contribution in [0.15, 0.2) is 59.8 Å². The van der Waals surface area contributed by atoms with Gasteiger partial charge in [0.1, 0.15) is 4.90 Å². The van der Waals surface area contributed by atoms with E-state index < -0.39 is 10.0 Å². The van der Waals surface area contributed by atoms with Crippen molar-refractivity contribution in [3.05, 3.63) is 77.4 Å². The minimum Gasteiger partial charge on any atom is -0.336 e. The Hall–Kier alpha value is -2.97. The van der Waals surface area contributed by atoms with Crippen molar-refractivity contribution in [1.82, 2.24) is 18.8 Å². The highest BCUT2D eigenvalue weighted by Gasteiger charge is 2.31. The van der Waals surface area contributed by atoms with Crippen molar-refractivity contribution in [3.8, 4) is 5.69 Å². The smallest absolute Gasteiger partial charge is 0.255 e. The van der Waals surface area contributed by atoms with E-state index in [2.05, 4.69) is 41.6 Å². The maximum absolute atomic E-state index is 13.4. The van der Waals surface area contributed by atoms with Crippen LogP contribution in [0.1, 0.15) is 47.1 Å². The normalized spacial score (nSPS) is 15.2. The average Bonchev–Trinajstić information content (AvgIpc) is 3.13. The molecular weight excluding hydrogens is 436 g/mol. The summed E-state index contributed by atoms with van der Waals surface area (Å²) in [5, 5.41) is 0. The molecule has 0 radical (unpaired) electrons. The van der Waals surface area contributed by atoms with Gasteiger partial charge in [-0.2, -0.15) is 4.31 Å². The number of aryl methyl sites for hydroxylation is 1. The maximum atomic E-state index is 13.4. The highest BCUT2D eigenvalue weighted by atomic mass is 32.2. The Morgan fingerprint density at radius 1 is 1.00 bits per heavy atom. The Balaban J connectivity index is 1.52. The standard InChI is InChI=1S/C25H30N4O3S/c1-18(2)21-7-5-8-22(16-21)29-19(3)15-24(20(29)4)25(30)27-11-13-28(14-12-27)33(31,32)23-9-6-10-26-17-23/h5-10,15-18H,11-14H2,1-4H3. The Labute approximate surface area is 195 Å². The molecule has 3 heterocycles. The van der Waals surface area contributed by atoms with Gasteiger partial charge in [0.2, 0.25) is 10.0 Å². The van der Waals surface area contributed by atoms with Crippen LogP contribution in [0.5, 0.6) is 0 Å². The summed E-state index contributed by atoms with van der Waals surface area (Å²) in [5.74, 6) is 0.356. The van der Waals surface area contributed by atoms with Crippen molar-refractivity contribution >= 4 is 15.9 Å². The van der Waals surface area contributed by atoms with E-state index in [0.717, 1.165) is 17.1 Å². The first kappa shape index (κ1) is 23.2. The van der Waals surface area contributed by atoms with Crippen molar-refractivity contribution in [2.75, 3.05) is 26.2 Å². The lowest BCUT2D eigenvalue weighted by atomic mass is 10.0. The van der Waals surface area contributed by atoms with Gasteiger partial charge in [0, 0.05) is 55.6 Å². The molecule has 0 aliphatic carbocycles. The summed E-state index contributed by atoms with van der Waals surface area (Å²) in [5.41, 5.74) is 4.84. The molecule has 8 heteroatoms. The first-order chi connectivity index (χ1) is 15.7. The summed E-state index contributed by atoms with van der Waals surface area (Å²) in [6.07, 6.45) is 2.90. The van der Waals surface area contributed by atoms with Gasteiger partial charge >= 0.3 is 0 Å². The van der Waals surface area contributed by atoms with Gasteiger partial charge in [-0.3, -0.25) is 9.78 Å². The molecule has 33 heavy (non-hydrogen) atoms. The van der Waals surface area contributed by atoms with Gasteiger partial charge in [0.15, 0.2) is 0 Å². The number of benzene rings is 1. The number of nitrogens with zero attached hydrogens (tertiary/aromatic N) is 4. The van der Waals surface area contributed by atoms with Crippen LogP contribution in [0.3, 0.4) is 0 Å². The second-order valence-electron chi connectivity index (χ2n) is 8.75. The number of rotatable bonds is 5. The van der Waals surface area contributed by atoms with Gasteiger partial charge in [0.05, 0.1) is 5.56 Å². The number of carbonyl (C=O) groups excluding carboxylic acids is 1. The second kappa shape index (κ2) is 9.11. The summed E-state index contributed by atoms with van der Waals surface area (Å²) in [4.78, 5) is 19.2. The molecule has 0 atom stereocenters. The van der Waals surface area contributed by atoms with Crippen LogP contribution in [0.2, 0.25) is 0 Å². The van der Waals surface area contributed by atoms with E-state index in [1.807, 2.05) is 26.0 Å². The molecule has 1 amide bonds. The SMILES string of the molecule is Cc1cc(C(=O)N2CCN(S(=O)(=O)c3cccnc3)CC2)c(C)n1-c1cccc(C(C)C)c1. The summed E-state index contributed by atoms with van der Waals surface area (Å²) in [7, 11) is -3.61. The molecule has 1 aliphatic heterocycles. The minimum atomic E-state index is -3.61. The van der Waals surface area contributed by atoms with E-state index >= 15 is 0 Å². The number of amides is 1. The van der Waals surface area contributed by atoms with Crippen molar-refractivity contribution in [1.29, 1.82) is 0 Å². The fraction of sp³-hybridized carbons (Fsp3) is 0.360. The highest BCUT2D eigenvalue weighted by Crippen LogP contribution is 2.25. The molecule has 1 aliphatic rings. The maximum Gasteiger partial charge on any atom is 0.255 e.